The smallest absolute Gasteiger partial charge is 0.249 e. The molecular weight excluding hydrogens is 192 g/mol. The van der Waals surface area contributed by atoms with Crippen LogP contribution in [-0.2, 0) is 13.3 Å². The average molecular weight is 210 g/mol. The summed E-state index contributed by atoms with van der Waals surface area (Å²) in [5.74, 6) is -0.664. The first-order valence-corrected chi connectivity index (χ1v) is 10.1. The van der Waals surface area contributed by atoms with Crippen LogP contribution in [0.5, 0.6) is 0 Å². The Hall–Kier alpha value is 0.531. The van der Waals surface area contributed by atoms with E-state index in [-0.39, 0.29) is 0 Å². The highest BCUT2D eigenvalue weighted by atomic mass is 28.2. The van der Waals surface area contributed by atoms with Crippen LogP contribution in [0.2, 0.25) is 19.6 Å². The molecule has 0 unspecified atom stereocenters. The topological polar surface area (TPSA) is 27.7 Å². The number of rotatable bonds is 6. The Morgan fingerprint density at radius 1 is 0.818 bits per heavy atom. The lowest BCUT2D eigenvalue weighted by Crippen LogP contribution is -2.38. The standard InChI is InChI=1S/C5H18O3Si3/c1-5(6-9-2,7-10-3)8-11-4/h9-11H2,1-4H3. The van der Waals surface area contributed by atoms with Gasteiger partial charge in [0.1, 0.15) is 0 Å². The summed E-state index contributed by atoms with van der Waals surface area (Å²) in [6.07, 6.45) is 0. The molecule has 0 radical (unpaired) electrons. The van der Waals surface area contributed by atoms with Crippen LogP contribution in [0.1, 0.15) is 6.92 Å². The van der Waals surface area contributed by atoms with Crippen LogP contribution in [-0.4, -0.2) is 35.3 Å². The van der Waals surface area contributed by atoms with Crippen molar-refractivity contribution in [1.29, 1.82) is 0 Å². The van der Waals surface area contributed by atoms with E-state index in [1.807, 2.05) is 6.92 Å². The van der Waals surface area contributed by atoms with Crippen molar-refractivity contribution in [2.24, 2.45) is 0 Å². The third kappa shape index (κ3) is 4.88. The van der Waals surface area contributed by atoms with E-state index in [2.05, 4.69) is 19.6 Å². The van der Waals surface area contributed by atoms with Crippen LogP contribution in [0.3, 0.4) is 0 Å². The summed E-state index contributed by atoms with van der Waals surface area (Å²) < 4.78 is 16.4. The SMILES string of the molecule is C[SiH2]OC(C)(O[SiH2]C)O[SiH2]C. The Balaban J connectivity index is 3.79. The second-order valence-corrected chi connectivity index (χ2v) is 4.76. The molecule has 0 aromatic heterocycles. The molecule has 6 heteroatoms. The molecule has 0 atom stereocenters. The van der Waals surface area contributed by atoms with Gasteiger partial charge in [0.05, 0.1) is 0 Å². The van der Waals surface area contributed by atoms with E-state index in [1.165, 1.54) is 0 Å². The zero-order valence-corrected chi connectivity index (χ0v) is 12.1. The van der Waals surface area contributed by atoms with Gasteiger partial charge in [-0.1, -0.05) is 19.6 Å². The molecule has 68 valence electrons. The zero-order valence-electron chi connectivity index (χ0n) is 7.85. The maximum Gasteiger partial charge on any atom is 0.249 e. The first kappa shape index (κ1) is 11.5. The van der Waals surface area contributed by atoms with Gasteiger partial charge in [-0.15, -0.1) is 0 Å². The summed E-state index contributed by atoms with van der Waals surface area (Å²) in [5.41, 5.74) is 0. The van der Waals surface area contributed by atoms with Gasteiger partial charge in [-0.05, 0) is 0 Å². The van der Waals surface area contributed by atoms with E-state index >= 15 is 0 Å². The molecule has 0 saturated heterocycles. The fourth-order valence-electron chi connectivity index (χ4n) is 0.912. The summed E-state index contributed by atoms with van der Waals surface area (Å²) in [6.45, 7) is 8.13. The van der Waals surface area contributed by atoms with E-state index in [1.54, 1.807) is 0 Å². The lowest BCUT2D eigenvalue weighted by atomic mass is 10.7. The number of hydrogen-bond donors (Lipinski definition) is 0. The molecule has 11 heavy (non-hydrogen) atoms. The minimum absolute atomic E-state index is 0.436. The van der Waals surface area contributed by atoms with Crippen molar-refractivity contribution in [3.63, 3.8) is 0 Å². The van der Waals surface area contributed by atoms with Gasteiger partial charge in [-0.2, -0.15) is 0 Å². The van der Waals surface area contributed by atoms with Gasteiger partial charge in [0.25, 0.3) is 0 Å². The Morgan fingerprint density at radius 2 is 1.09 bits per heavy atom. The maximum absolute atomic E-state index is 5.47. The lowest BCUT2D eigenvalue weighted by molar-refractivity contribution is -0.240. The van der Waals surface area contributed by atoms with E-state index in [0.29, 0.717) is 0 Å². The summed E-state index contributed by atoms with van der Waals surface area (Å²) in [4.78, 5) is 0. The highest BCUT2D eigenvalue weighted by Crippen LogP contribution is 2.11. The molecular formula is C5H18O3Si3. The van der Waals surface area contributed by atoms with Crippen molar-refractivity contribution >= 4 is 29.3 Å². The van der Waals surface area contributed by atoms with Crippen LogP contribution in [0, 0.1) is 0 Å². The van der Waals surface area contributed by atoms with Crippen molar-refractivity contribution in [2.45, 2.75) is 32.5 Å². The monoisotopic (exact) mass is 210 g/mol. The molecule has 0 aromatic carbocycles. The predicted molar refractivity (Wildman–Crippen MR) is 54.9 cm³/mol. The molecule has 0 saturated carbocycles. The highest BCUT2D eigenvalue weighted by Gasteiger charge is 2.22. The number of hydrogen-bond acceptors (Lipinski definition) is 3. The van der Waals surface area contributed by atoms with Crippen LogP contribution >= 0.6 is 0 Å². The molecule has 0 rings (SSSR count). The maximum atomic E-state index is 5.47. The molecule has 3 nitrogen and oxygen atoms in total. The predicted octanol–water partition coefficient (Wildman–Crippen LogP) is -0.894. The average Bonchev–Trinajstić information content (AvgIpc) is 1.88. The minimum atomic E-state index is -0.664. The Labute approximate surface area is 75.6 Å². The van der Waals surface area contributed by atoms with Crippen LogP contribution in [0.15, 0.2) is 0 Å². The first-order chi connectivity index (χ1) is 5.18. The van der Waals surface area contributed by atoms with Gasteiger partial charge >= 0.3 is 0 Å². The van der Waals surface area contributed by atoms with E-state index < -0.39 is 35.3 Å². The molecule has 0 aromatic rings. The molecule has 0 aliphatic heterocycles. The van der Waals surface area contributed by atoms with Gasteiger partial charge in [0.15, 0.2) is 29.3 Å². The molecule has 0 amide bonds. The van der Waals surface area contributed by atoms with Crippen molar-refractivity contribution in [2.75, 3.05) is 0 Å². The van der Waals surface area contributed by atoms with Gasteiger partial charge in [-0.25, -0.2) is 0 Å². The molecule has 0 aliphatic carbocycles. The summed E-state index contributed by atoms with van der Waals surface area (Å²) in [6, 6.07) is 0. The van der Waals surface area contributed by atoms with Gasteiger partial charge in [-0.3, -0.25) is 0 Å². The van der Waals surface area contributed by atoms with Crippen molar-refractivity contribution in [3.05, 3.63) is 0 Å². The van der Waals surface area contributed by atoms with E-state index in [4.69, 9.17) is 13.3 Å². The fraction of sp³-hybridized carbons (Fsp3) is 1.00. The molecule has 0 spiro atoms. The van der Waals surface area contributed by atoms with E-state index in [0.717, 1.165) is 0 Å². The highest BCUT2D eigenvalue weighted by molar-refractivity contribution is 6.27. The Bertz CT molecular complexity index is 84.0. The second kappa shape index (κ2) is 6.09. The third-order valence-corrected chi connectivity index (χ3v) is 3.66. The lowest BCUT2D eigenvalue weighted by Gasteiger charge is -2.29. The van der Waals surface area contributed by atoms with Crippen LogP contribution in [0.4, 0.5) is 0 Å². The summed E-state index contributed by atoms with van der Waals surface area (Å²) in [5, 5.41) is 0. The Kier molecular flexibility index (Phi) is 6.39. The van der Waals surface area contributed by atoms with Crippen LogP contribution < -0.4 is 0 Å². The van der Waals surface area contributed by atoms with Gasteiger partial charge < -0.3 is 13.3 Å². The van der Waals surface area contributed by atoms with Crippen molar-refractivity contribution in [1.82, 2.24) is 0 Å². The van der Waals surface area contributed by atoms with Gasteiger partial charge in [0, 0.05) is 6.92 Å². The second-order valence-electron chi connectivity index (χ2n) is 2.16. The molecule has 0 aliphatic rings. The minimum Gasteiger partial charge on any atom is -0.378 e. The largest absolute Gasteiger partial charge is 0.378 e. The molecule has 0 bridgehead atoms. The van der Waals surface area contributed by atoms with Crippen LogP contribution in [0.25, 0.3) is 0 Å². The summed E-state index contributed by atoms with van der Waals surface area (Å²) in [7, 11) is -1.31. The van der Waals surface area contributed by atoms with E-state index in [9.17, 15) is 0 Å². The first-order valence-electron chi connectivity index (χ1n) is 4.10. The molecule has 0 N–H and O–H groups in total. The normalized spacial score (nSPS) is 19.6. The third-order valence-electron chi connectivity index (χ3n) is 1.22. The fourth-order valence-corrected chi connectivity index (χ4v) is 3.48. The Morgan fingerprint density at radius 3 is 1.27 bits per heavy atom. The summed E-state index contributed by atoms with van der Waals surface area (Å²) >= 11 is 0. The van der Waals surface area contributed by atoms with Crippen molar-refractivity contribution < 1.29 is 13.3 Å². The molecule has 0 heterocycles. The quantitative estimate of drug-likeness (QED) is 0.420. The molecule has 0 fully saturated rings. The van der Waals surface area contributed by atoms with Crippen molar-refractivity contribution in [3.8, 4) is 0 Å². The van der Waals surface area contributed by atoms with Gasteiger partial charge in [0.2, 0.25) is 5.97 Å². The zero-order chi connectivity index (χ0) is 8.74.